The van der Waals surface area contributed by atoms with Gasteiger partial charge in [0.15, 0.2) is 5.76 Å². The first-order valence-corrected chi connectivity index (χ1v) is 10.5. The summed E-state index contributed by atoms with van der Waals surface area (Å²) in [6.07, 6.45) is 1.50. The molecule has 0 unspecified atom stereocenters. The first-order valence-electron chi connectivity index (χ1n) is 9.68. The fourth-order valence-electron chi connectivity index (χ4n) is 2.50. The van der Waals surface area contributed by atoms with Crippen molar-refractivity contribution in [2.24, 2.45) is 20.2 Å². The molecule has 0 aromatic carbocycles. The minimum atomic E-state index is 0. The van der Waals surface area contributed by atoms with Crippen LogP contribution < -0.4 is 10.9 Å². The van der Waals surface area contributed by atoms with Gasteiger partial charge in [0.25, 0.3) is 0 Å². The summed E-state index contributed by atoms with van der Waals surface area (Å²) in [5.41, 5.74) is 5.88. The number of hydrazone groups is 2. The van der Waals surface area contributed by atoms with Gasteiger partial charge in [-0.3, -0.25) is 25.7 Å². The average molecular weight is 501 g/mol. The zero-order chi connectivity index (χ0) is 21.8. The van der Waals surface area contributed by atoms with Gasteiger partial charge in [0, 0.05) is 25.2 Å². The van der Waals surface area contributed by atoms with E-state index in [9.17, 15) is 0 Å². The van der Waals surface area contributed by atoms with E-state index in [2.05, 4.69) is 63.6 Å². The van der Waals surface area contributed by atoms with Crippen molar-refractivity contribution in [1.82, 2.24) is 15.8 Å². The van der Waals surface area contributed by atoms with E-state index in [1.807, 2.05) is 26.0 Å². The molecule has 0 saturated carbocycles. The van der Waals surface area contributed by atoms with Gasteiger partial charge in [-0.25, -0.2) is 0 Å². The third-order valence-corrected chi connectivity index (χ3v) is 4.24. The van der Waals surface area contributed by atoms with Gasteiger partial charge in [-0.1, -0.05) is 0 Å². The monoisotopic (exact) mass is 500 g/mol. The van der Waals surface area contributed by atoms with Gasteiger partial charge >= 0.3 is 17.1 Å². The Kier molecular flexibility index (Phi) is 14.5. The van der Waals surface area contributed by atoms with Crippen molar-refractivity contribution in [3.8, 4) is 0 Å². The molecule has 0 aliphatic carbocycles. The van der Waals surface area contributed by atoms with Gasteiger partial charge < -0.3 is 29.7 Å². The van der Waals surface area contributed by atoms with Crippen LogP contribution in [0.3, 0.4) is 0 Å². The third kappa shape index (κ3) is 10.5. The number of furan rings is 1. The van der Waals surface area contributed by atoms with Crippen LogP contribution in [0, 0.1) is 0 Å². The molecule has 1 rings (SSSR count). The Hall–Kier alpha value is -1.52. The largest absolute Gasteiger partial charge is 2.00 e. The number of nitrogens with zero attached hydrogens (tertiary/aromatic N) is 5. The molecule has 1 aromatic heterocycles. The summed E-state index contributed by atoms with van der Waals surface area (Å²) >= 11 is 10.2. The van der Waals surface area contributed by atoms with Crippen LogP contribution in [0.25, 0.3) is 0 Å². The van der Waals surface area contributed by atoms with Crippen LogP contribution in [0.5, 0.6) is 0 Å². The van der Waals surface area contributed by atoms with E-state index in [0.717, 1.165) is 5.76 Å². The SMILES string of the molecule is CCN=C([S-])N/N=C(/C=N/NC([S-])=NCC)c1ccc(CN(C(C)C)C(C)C)o1.[Cu+2]. The summed E-state index contributed by atoms with van der Waals surface area (Å²) in [4.78, 5) is 10.5. The summed E-state index contributed by atoms with van der Waals surface area (Å²) < 4.78 is 6.01. The maximum absolute atomic E-state index is 6.01. The van der Waals surface area contributed by atoms with Crippen molar-refractivity contribution in [3.05, 3.63) is 23.7 Å². The summed E-state index contributed by atoms with van der Waals surface area (Å²) in [6.45, 7) is 14.3. The number of nitrogens with one attached hydrogen (secondary N) is 2. The summed E-state index contributed by atoms with van der Waals surface area (Å²) in [7, 11) is 0. The zero-order valence-electron chi connectivity index (χ0n) is 18.3. The molecule has 0 saturated heterocycles. The van der Waals surface area contributed by atoms with Gasteiger partial charge in [-0.15, -0.1) is 0 Å². The second-order valence-electron chi connectivity index (χ2n) is 6.66. The Labute approximate surface area is 201 Å². The summed E-state index contributed by atoms with van der Waals surface area (Å²) in [6, 6.07) is 4.60. The van der Waals surface area contributed by atoms with Gasteiger partial charge in [0.1, 0.15) is 11.5 Å². The topological polar surface area (TPSA) is 89.9 Å². The van der Waals surface area contributed by atoms with E-state index in [-0.39, 0.29) is 17.1 Å². The predicted octanol–water partition coefficient (Wildman–Crippen LogP) is 2.61. The molecule has 171 valence electrons. The quantitative estimate of drug-likeness (QED) is 0.169. The number of aliphatic imine (C=N–C) groups is 2. The first kappa shape index (κ1) is 28.5. The second-order valence-corrected chi connectivity index (χ2v) is 7.44. The van der Waals surface area contributed by atoms with Crippen molar-refractivity contribution in [2.75, 3.05) is 13.1 Å². The molecule has 30 heavy (non-hydrogen) atoms. The zero-order valence-corrected chi connectivity index (χ0v) is 20.8. The van der Waals surface area contributed by atoms with E-state index in [1.54, 1.807) is 0 Å². The molecule has 11 heteroatoms. The molecule has 0 bridgehead atoms. The Morgan fingerprint density at radius 1 is 1.03 bits per heavy atom. The van der Waals surface area contributed by atoms with Crippen molar-refractivity contribution in [3.63, 3.8) is 0 Å². The minimum Gasteiger partial charge on any atom is -0.741 e. The standard InChI is InChI=1S/C19H33N7OS2.Cu/c1-7-20-18(28)24-22-11-16(23-25-19(29)21-8-2)17-10-9-15(27-17)12-26(13(3)4)14(5)6;/h9-11,13-14H,7-8,12H2,1-6H3,(H2,20,24,28)(H2,21,25,29);/q;+2/p-2/b22-11+,23-16-;. The van der Waals surface area contributed by atoms with Crippen molar-refractivity contribution in [2.45, 2.75) is 60.2 Å². The Morgan fingerprint density at radius 3 is 2.13 bits per heavy atom. The van der Waals surface area contributed by atoms with Crippen LogP contribution in [0.15, 0.2) is 36.7 Å². The van der Waals surface area contributed by atoms with Crippen molar-refractivity contribution >= 4 is 47.5 Å². The molecule has 8 nitrogen and oxygen atoms in total. The molecule has 2 N–H and O–H groups in total. The van der Waals surface area contributed by atoms with Crippen LogP contribution in [0.4, 0.5) is 0 Å². The number of rotatable bonds is 10. The summed E-state index contributed by atoms with van der Waals surface area (Å²) in [5.74, 6) is 1.40. The molecule has 0 aliphatic rings. The first-order chi connectivity index (χ1) is 13.8. The Bertz CT molecular complexity index is 737. The van der Waals surface area contributed by atoms with E-state index < -0.39 is 0 Å². The van der Waals surface area contributed by atoms with Crippen LogP contribution in [-0.2, 0) is 48.9 Å². The maximum Gasteiger partial charge on any atom is 2.00 e. The van der Waals surface area contributed by atoms with Gasteiger partial charge in [0.05, 0.1) is 12.8 Å². The Balaban J connectivity index is 0.00000841. The van der Waals surface area contributed by atoms with Crippen LogP contribution >= 0.6 is 0 Å². The normalized spacial score (nSPS) is 13.4. The minimum absolute atomic E-state index is 0. The van der Waals surface area contributed by atoms with Gasteiger partial charge in [-0.05, 0) is 64.0 Å². The van der Waals surface area contributed by atoms with Crippen LogP contribution in [-0.4, -0.2) is 52.3 Å². The number of hydrogen-bond donors (Lipinski definition) is 2. The molecular weight excluding hydrogens is 470 g/mol. The van der Waals surface area contributed by atoms with Crippen LogP contribution in [0.1, 0.15) is 53.1 Å². The number of hydrogen-bond acceptors (Lipinski definition) is 8. The van der Waals surface area contributed by atoms with Gasteiger partial charge in [0.2, 0.25) is 0 Å². The average Bonchev–Trinajstić information content (AvgIpc) is 3.11. The predicted molar refractivity (Wildman–Crippen MR) is 127 cm³/mol. The summed E-state index contributed by atoms with van der Waals surface area (Å²) in [5, 5.41) is 8.97. The number of amidine groups is 2. The van der Waals surface area contributed by atoms with E-state index >= 15 is 0 Å². The van der Waals surface area contributed by atoms with Crippen molar-refractivity contribution in [1.29, 1.82) is 0 Å². The molecule has 0 atom stereocenters. The van der Waals surface area contributed by atoms with E-state index in [0.29, 0.717) is 53.5 Å². The Morgan fingerprint density at radius 2 is 1.60 bits per heavy atom. The fourth-order valence-corrected chi connectivity index (χ4v) is 2.86. The molecule has 0 amide bonds. The molecule has 0 fully saturated rings. The van der Waals surface area contributed by atoms with Crippen molar-refractivity contribution < 1.29 is 21.5 Å². The molecule has 0 spiro atoms. The molecule has 1 radical (unpaired) electrons. The molecule has 1 aromatic rings. The van der Waals surface area contributed by atoms with E-state index in [4.69, 9.17) is 29.7 Å². The molecular formula is C19H31CuN7OS2. The third-order valence-electron chi connectivity index (χ3n) is 3.80. The van der Waals surface area contributed by atoms with Gasteiger partial charge in [-0.2, -0.15) is 10.2 Å². The molecule has 0 aliphatic heterocycles. The maximum atomic E-state index is 6.01. The fraction of sp³-hybridized carbons (Fsp3) is 0.579. The molecule has 1 heterocycles. The van der Waals surface area contributed by atoms with E-state index in [1.165, 1.54) is 6.21 Å². The second kappa shape index (κ2) is 15.3. The smallest absolute Gasteiger partial charge is 0.741 e. The van der Waals surface area contributed by atoms with Crippen LogP contribution in [0.2, 0.25) is 0 Å².